The van der Waals surface area contributed by atoms with Gasteiger partial charge in [0.1, 0.15) is 0 Å². The molecule has 0 unspecified atom stereocenters. The molecule has 0 saturated heterocycles. The van der Waals surface area contributed by atoms with Crippen LogP contribution in [0.25, 0.3) is 11.5 Å². The minimum Gasteiger partial charge on any atom is -0.419 e. The zero-order chi connectivity index (χ0) is 11.2. The van der Waals surface area contributed by atoms with Crippen LogP contribution < -0.4 is 5.32 Å². The van der Waals surface area contributed by atoms with Gasteiger partial charge in [0.15, 0.2) is 0 Å². The highest BCUT2D eigenvalue weighted by Gasteiger charge is 2.06. The molecule has 0 atom stereocenters. The normalized spacial score (nSPS) is 9.94. The number of aromatic nitrogens is 2. The molecule has 0 radical (unpaired) electrons. The van der Waals surface area contributed by atoms with Gasteiger partial charge >= 0.3 is 0 Å². The van der Waals surface area contributed by atoms with Gasteiger partial charge in [0.2, 0.25) is 11.8 Å². The first-order chi connectivity index (χ1) is 7.90. The highest BCUT2D eigenvalue weighted by molar-refractivity contribution is 5.51. The molecule has 4 heteroatoms. The van der Waals surface area contributed by atoms with Crippen LogP contribution in [-0.2, 0) is 6.54 Å². The van der Waals surface area contributed by atoms with Gasteiger partial charge in [-0.3, -0.25) is 5.32 Å². The molecule has 2 aromatic rings. The van der Waals surface area contributed by atoms with E-state index in [4.69, 9.17) is 10.8 Å². The van der Waals surface area contributed by atoms with E-state index in [1.807, 2.05) is 30.3 Å². The molecule has 0 amide bonds. The molecule has 0 aliphatic carbocycles. The second-order valence-electron chi connectivity index (χ2n) is 3.17. The number of terminal acetylenes is 1. The number of hydrogen-bond acceptors (Lipinski definition) is 4. The van der Waals surface area contributed by atoms with Crippen molar-refractivity contribution in [2.75, 3.05) is 6.54 Å². The van der Waals surface area contributed by atoms with Crippen LogP contribution in [-0.4, -0.2) is 16.7 Å². The first-order valence-electron chi connectivity index (χ1n) is 4.92. The lowest BCUT2D eigenvalue weighted by Gasteiger charge is -1.94. The molecule has 0 fully saturated rings. The Balaban J connectivity index is 2.06. The van der Waals surface area contributed by atoms with Crippen LogP contribution >= 0.6 is 0 Å². The topological polar surface area (TPSA) is 51.0 Å². The van der Waals surface area contributed by atoms with Gasteiger partial charge in [-0.25, -0.2) is 0 Å². The molecule has 4 nitrogen and oxygen atoms in total. The Bertz CT molecular complexity index is 484. The maximum atomic E-state index is 5.46. The van der Waals surface area contributed by atoms with E-state index >= 15 is 0 Å². The van der Waals surface area contributed by atoms with Crippen LogP contribution in [0.15, 0.2) is 34.7 Å². The van der Waals surface area contributed by atoms with Crippen molar-refractivity contribution in [3.63, 3.8) is 0 Å². The van der Waals surface area contributed by atoms with Gasteiger partial charge in [0, 0.05) is 5.56 Å². The predicted octanol–water partition coefficient (Wildman–Crippen LogP) is 1.46. The lowest BCUT2D eigenvalue weighted by molar-refractivity contribution is 0.486. The largest absolute Gasteiger partial charge is 0.419 e. The summed E-state index contributed by atoms with van der Waals surface area (Å²) in [7, 11) is 0. The second kappa shape index (κ2) is 5.10. The summed E-state index contributed by atoms with van der Waals surface area (Å²) in [4.78, 5) is 0. The number of nitrogens with zero attached hydrogens (tertiary/aromatic N) is 2. The summed E-state index contributed by atoms with van der Waals surface area (Å²) in [5.41, 5.74) is 0.915. The molecule has 1 N–H and O–H groups in total. The Hall–Kier alpha value is -2.12. The van der Waals surface area contributed by atoms with Gasteiger partial charge in [-0.2, -0.15) is 0 Å². The van der Waals surface area contributed by atoms with Crippen LogP contribution in [0.4, 0.5) is 0 Å². The highest BCUT2D eigenvalue weighted by atomic mass is 16.4. The Kier molecular flexibility index (Phi) is 3.31. The monoisotopic (exact) mass is 213 g/mol. The van der Waals surface area contributed by atoms with Crippen LogP contribution in [0.1, 0.15) is 5.89 Å². The number of benzene rings is 1. The third-order valence-electron chi connectivity index (χ3n) is 1.99. The Morgan fingerprint density at radius 2 is 2.06 bits per heavy atom. The number of nitrogens with one attached hydrogen (secondary N) is 1. The Labute approximate surface area is 93.7 Å². The summed E-state index contributed by atoms with van der Waals surface area (Å²) in [6.45, 7) is 0.979. The van der Waals surface area contributed by atoms with Crippen LogP contribution in [0, 0.1) is 12.3 Å². The van der Waals surface area contributed by atoms with Crippen molar-refractivity contribution in [1.29, 1.82) is 0 Å². The third kappa shape index (κ3) is 2.47. The van der Waals surface area contributed by atoms with E-state index in [0.29, 0.717) is 24.9 Å². The highest BCUT2D eigenvalue weighted by Crippen LogP contribution is 2.16. The average molecular weight is 213 g/mol. The lowest BCUT2D eigenvalue weighted by Crippen LogP contribution is -2.13. The molecule has 0 spiro atoms. The van der Waals surface area contributed by atoms with E-state index in [1.165, 1.54) is 0 Å². The van der Waals surface area contributed by atoms with E-state index in [-0.39, 0.29) is 0 Å². The Morgan fingerprint density at radius 3 is 2.81 bits per heavy atom. The van der Waals surface area contributed by atoms with E-state index in [9.17, 15) is 0 Å². The lowest BCUT2D eigenvalue weighted by atomic mass is 10.2. The fourth-order valence-electron chi connectivity index (χ4n) is 1.26. The quantitative estimate of drug-likeness (QED) is 0.617. The SMILES string of the molecule is C#CCNCc1nnc(-c2ccccc2)o1. The summed E-state index contributed by atoms with van der Waals surface area (Å²) in [6, 6.07) is 9.64. The van der Waals surface area contributed by atoms with Crippen molar-refractivity contribution < 1.29 is 4.42 Å². The molecule has 1 aromatic carbocycles. The van der Waals surface area contributed by atoms with E-state index in [0.717, 1.165) is 5.56 Å². The molecule has 80 valence electrons. The summed E-state index contributed by atoms with van der Waals surface area (Å²) >= 11 is 0. The third-order valence-corrected chi connectivity index (χ3v) is 1.99. The van der Waals surface area contributed by atoms with E-state index < -0.39 is 0 Å². The first kappa shape index (κ1) is 10.4. The molecule has 0 aliphatic heterocycles. The fraction of sp³-hybridized carbons (Fsp3) is 0.167. The van der Waals surface area contributed by atoms with Gasteiger partial charge in [0.25, 0.3) is 0 Å². The standard InChI is InChI=1S/C12H11N3O/c1-2-8-13-9-11-14-15-12(16-11)10-6-4-3-5-7-10/h1,3-7,13H,8-9H2. The summed E-state index contributed by atoms with van der Waals surface area (Å²) in [5.74, 6) is 3.54. The molecule has 1 aromatic heterocycles. The molecule has 0 saturated carbocycles. The molecule has 16 heavy (non-hydrogen) atoms. The smallest absolute Gasteiger partial charge is 0.247 e. The van der Waals surface area contributed by atoms with E-state index in [2.05, 4.69) is 21.4 Å². The van der Waals surface area contributed by atoms with Gasteiger partial charge in [-0.1, -0.05) is 24.1 Å². The maximum absolute atomic E-state index is 5.46. The van der Waals surface area contributed by atoms with Crippen molar-refractivity contribution in [1.82, 2.24) is 15.5 Å². The van der Waals surface area contributed by atoms with Crippen LogP contribution in [0.5, 0.6) is 0 Å². The first-order valence-corrected chi connectivity index (χ1v) is 4.92. The zero-order valence-electron chi connectivity index (χ0n) is 8.68. The van der Waals surface area contributed by atoms with Crippen molar-refractivity contribution >= 4 is 0 Å². The fourth-order valence-corrected chi connectivity index (χ4v) is 1.26. The molecule has 2 rings (SSSR count). The zero-order valence-corrected chi connectivity index (χ0v) is 8.68. The minimum atomic E-state index is 0.489. The van der Waals surface area contributed by atoms with Gasteiger partial charge < -0.3 is 4.42 Å². The van der Waals surface area contributed by atoms with Crippen LogP contribution in [0.2, 0.25) is 0 Å². The Morgan fingerprint density at radius 1 is 1.25 bits per heavy atom. The summed E-state index contributed by atoms with van der Waals surface area (Å²) < 4.78 is 5.46. The number of hydrogen-bond donors (Lipinski definition) is 1. The van der Waals surface area contributed by atoms with Crippen LogP contribution in [0.3, 0.4) is 0 Å². The van der Waals surface area contributed by atoms with Crippen molar-refractivity contribution in [2.45, 2.75) is 6.54 Å². The molecule has 0 bridgehead atoms. The number of rotatable bonds is 4. The maximum Gasteiger partial charge on any atom is 0.247 e. The van der Waals surface area contributed by atoms with Gasteiger partial charge in [-0.05, 0) is 12.1 Å². The van der Waals surface area contributed by atoms with Crippen molar-refractivity contribution in [3.8, 4) is 23.8 Å². The summed E-state index contributed by atoms with van der Waals surface area (Å²) in [5, 5.41) is 10.9. The van der Waals surface area contributed by atoms with Crippen molar-refractivity contribution in [2.24, 2.45) is 0 Å². The predicted molar refractivity (Wildman–Crippen MR) is 60.3 cm³/mol. The van der Waals surface area contributed by atoms with Crippen molar-refractivity contribution in [3.05, 3.63) is 36.2 Å². The molecule has 0 aliphatic rings. The van der Waals surface area contributed by atoms with Gasteiger partial charge in [0.05, 0.1) is 13.1 Å². The van der Waals surface area contributed by atoms with Gasteiger partial charge in [-0.15, -0.1) is 16.6 Å². The minimum absolute atomic E-state index is 0.489. The second-order valence-corrected chi connectivity index (χ2v) is 3.17. The van der Waals surface area contributed by atoms with E-state index in [1.54, 1.807) is 0 Å². The summed E-state index contributed by atoms with van der Waals surface area (Å²) in [6.07, 6.45) is 5.11. The molecular weight excluding hydrogens is 202 g/mol. The average Bonchev–Trinajstić information content (AvgIpc) is 2.79. The molecular formula is C12H11N3O. The molecule has 1 heterocycles.